The van der Waals surface area contributed by atoms with Gasteiger partial charge in [-0.25, -0.2) is 13.6 Å². The summed E-state index contributed by atoms with van der Waals surface area (Å²) >= 11 is 0. The maximum atomic E-state index is 11.0. The van der Waals surface area contributed by atoms with Crippen LogP contribution in [-0.4, -0.2) is 76.6 Å². The van der Waals surface area contributed by atoms with E-state index in [0.717, 1.165) is 57.9 Å². The first kappa shape index (κ1) is 20.4. The number of ether oxygens (including phenoxy) is 2. The first-order chi connectivity index (χ1) is 12.0. The van der Waals surface area contributed by atoms with Crippen LogP contribution in [-0.2, 0) is 19.5 Å². The van der Waals surface area contributed by atoms with E-state index < -0.39 is 10.0 Å². The molecule has 2 rings (SSSR count). The number of nitrogens with two attached hydrogens (primary N) is 1. The summed E-state index contributed by atoms with van der Waals surface area (Å²) in [6, 6.07) is 0. The third-order valence-corrected chi connectivity index (χ3v) is 5.26. The molecule has 0 saturated carbocycles. The lowest BCUT2D eigenvalue weighted by Crippen LogP contribution is -2.47. The molecule has 1 atom stereocenters. The van der Waals surface area contributed by atoms with Gasteiger partial charge >= 0.3 is 0 Å². The Balaban J connectivity index is 1.74. The molecule has 0 aromatic heterocycles. The molecule has 146 valence electrons. The molecule has 2 heterocycles. The number of nitrogens with zero attached hydrogens (tertiary/aromatic N) is 2. The van der Waals surface area contributed by atoms with Gasteiger partial charge in [0, 0.05) is 26.2 Å². The van der Waals surface area contributed by atoms with E-state index in [1.807, 2.05) is 6.92 Å². The van der Waals surface area contributed by atoms with Crippen molar-refractivity contribution in [3.63, 3.8) is 0 Å². The van der Waals surface area contributed by atoms with E-state index in [4.69, 9.17) is 14.6 Å². The largest absolute Gasteiger partial charge is 0.376 e. The first-order valence-corrected chi connectivity index (χ1v) is 11.0. The van der Waals surface area contributed by atoms with Crippen molar-refractivity contribution in [2.75, 3.05) is 45.1 Å². The number of hydrogen-bond acceptors (Lipinski definition) is 5. The van der Waals surface area contributed by atoms with Crippen molar-refractivity contribution in [3.05, 3.63) is 0 Å². The van der Waals surface area contributed by atoms with Crippen LogP contribution in [0.25, 0.3) is 0 Å². The van der Waals surface area contributed by atoms with Crippen LogP contribution in [0.15, 0.2) is 4.99 Å². The molecule has 25 heavy (non-hydrogen) atoms. The average Bonchev–Trinajstić information content (AvgIpc) is 2.60. The highest BCUT2D eigenvalue weighted by Gasteiger charge is 2.23. The number of sulfonamides is 1. The lowest BCUT2D eigenvalue weighted by Gasteiger charge is -2.35. The van der Waals surface area contributed by atoms with Crippen molar-refractivity contribution in [2.45, 2.75) is 51.2 Å². The Morgan fingerprint density at radius 2 is 2.08 bits per heavy atom. The van der Waals surface area contributed by atoms with E-state index in [2.05, 4.69) is 15.2 Å². The molecule has 8 nitrogen and oxygen atoms in total. The monoisotopic (exact) mass is 376 g/mol. The van der Waals surface area contributed by atoms with Gasteiger partial charge in [0.25, 0.3) is 0 Å². The zero-order valence-corrected chi connectivity index (χ0v) is 16.0. The number of hydrogen-bond donors (Lipinski definition) is 2. The molecule has 0 spiro atoms. The Hall–Kier alpha value is -0.900. The molecule has 0 bridgehead atoms. The summed E-state index contributed by atoms with van der Waals surface area (Å²) in [5.41, 5.74) is 0. The summed E-state index contributed by atoms with van der Waals surface area (Å²) in [6.45, 7) is 6.14. The second-order valence-corrected chi connectivity index (χ2v) is 8.34. The molecule has 2 aliphatic heterocycles. The maximum absolute atomic E-state index is 11.0. The average molecular weight is 377 g/mol. The van der Waals surface area contributed by atoms with Crippen LogP contribution >= 0.6 is 0 Å². The van der Waals surface area contributed by atoms with Gasteiger partial charge < -0.3 is 19.7 Å². The van der Waals surface area contributed by atoms with Gasteiger partial charge in [-0.3, -0.25) is 4.99 Å². The third-order valence-electron chi connectivity index (χ3n) is 4.51. The van der Waals surface area contributed by atoms with E-state index in [1.165, 1.54) is 6.42 Å². The molecule has 1 unspecified atom stereocenters. The minimum absolute atomic E-state index is 0.136. The predicted octanol–water partition coefficient (Wildman–Crippen LogP) is 0.291. The summed E-state index contributed by atoms with van der Waals surface area (Å²) in [7, 11) is -3.48. The van der Waals surface area contributed by atoms with Gasteiger partial charge in [-0.05, 0) is 39.0 Å². The Kier molecular flexibility index (Phi) is 8.41. The minimum atomic E-state index is -3.48. The number of rotatable bonds is 7. The van der Waals surface area contributed by atoms with Gasteiger partial charge in [-0.1, -0.05) is 0 Å². The number of aliphatic imine (C=N–C) groups is 1. The highest BCUT2D eigenvalue weighted by Crippen LogP contribution is 2.17. The van der Waals surface area contributed by atoms with Crippen LogP contribution in [0.4, 0.5) is 0 Å². The number of nitrogens with one attached hydrogen (secondary N) is 1. The lowest BCUT2D eigenvalue weighted by molar-refractivity contribution is -0.0721. The van der Waals surface area contributed by atoms with E-state index in [1.54, 1.807) is 0 Å². The van der Waals surface area contributed by atoms with Crippen LogP contribution < -0.4 is 10.5 Å². The molecular weight excluding hydrogens is 344 g/mol. The fourth-order valence-electron chi connectivity index (χ4n) is 3.12. The summed E-state index contributed by atoms with van der Waals surface area (Å²) in [6.07, 6.45) is 5.87. The Morgan fingerprint density at radius 3 is 2.68 bits per heavy atom. The van der Waals surface area contributed by atoms with E-state index >= 15 is 0 Å². The van der Waals surface area contributed by atoms with Gasteiger partial charge in [0.15, 0.2) is 5.96 Å². The van der Waals surface area contributed by atoms with E-state index in [-0.39, 0.29) is 24.5 Å². The van der Waals surface area contributed by atoms with Gasteiger partial charge in [-0.15, -0.1) is 0 Å². The maximum Gasteiger partial charge on any atom is 0.210 e. The first-order valence-electron chi connectivity index (χ1n) is 9.25. The molecule has 0 radical (unpaired) electrons. The predicted molar refractivity (Wildman–Crippen MR) is 98.1 cm³/mol. The summed E-state index contributed by atoms with van der Waals surface area (Å²) in [5.74, 6) is 0.614. The number of piperidine rings is 1. The van der Waals surface area contributed by atoms with Gasteiger partial charge in [0.1, 0.15) is 0 Å². The van der Waals surface area contributed by atoms with Crippen molar-refractivity contribution in [2.24, 2.45) is 10.1 Å². The molecule has 2 aliphatic rings. The van der Waals surface area contributed by atoms with Gasteiger partial charge in [0.2, 0.25) is 10.0 Å². The summed E-state index contributed by atoms with van der Waals surface area (Å²) in [4.78, 5) is 6.53. The number of guanidine groups is 1. The van der Waals surface area contributed by atoms with Crippen LogP contribution in [0.2, 0.25) is 0 Å². The van der Waals surface area contributed by atoms with Crippen LogP contribution in [0, 0.1) is 0 Å². The van der Waals surface area contributed by atoms with Crippen LogP contribution in [0.3, 0.4) is 0 Å². The van der Waals surface area contributed by atoms with Crippen molar-refractivity contribution >= 4 is 16.0 Å². The zero-order chi connectivity index (χ0) is 18.1. The quantitative estimate of drug-likeness (QED) is 0.489. The fourth-order valence-corrected chi connectivity index (χ4v) is 3.47. The van der Waals surface area contributed by atoms with E-state index in [0.29, 0.717) is 6.61 Å². The second kappa shape index (κ2) is 10.3. The Morgan fingerprint density at radius 1 is 1.32 bits per heavy atom. The normalized spacial score (nSPS) is 23.7. The molecular formula is C16H32N4O4S. The molecule has 0 aromatic rings. The molecule has 0 aromatic carbocycles. The third kappa shape index (κ3) is 7.89. The fraction of sp³-hybridized carbons (Fsp3) is 0.938. The lowest BCUT2D eigenvalue weighted by atomic mass is 10.1. The van der Waals surface area contributed by atoms with Crippen LogP contribution in [0.1, 0.15) is 39.0 Å². The molecule has 2 saturated heterocycles. The highest BCUT2D eigenvalue weighted by atomic mass is 32.2. The summed E-state index contributed by atoms with van der Waals surface area (Å²) in [5, 5.41) is 8.25. The van der Waals surface area contributed by atoms with Crippen molar-refractivity contribution < 1.29 is 17.9 Å². The second-order valence-electron chi connectivity index (χ2n) is 6.61. The standard InChI is InChI=1S/C16H32N4O4S/c1-2-18-16(19-8-12-25(17,21)22)20-9-6-14(7-10-20)24-13-15-5-3-4-11-23-15/h14-15H,2-13H2,1H3,(H,18,19)(H2,17,21,22). The molecule has 3 N–H and O–H groups in total. The smallest absolute Gasteiger partial charge is 0.210 e. The van der Waals surface area contributed by atoms with Crippen molar-refractivity contribution in [1.82, 2.24) is 10.2 Å². The molecule has 2 fully saturated rings. The number of primary sulfonamides is 1. The van der Waals surface area contributed by atoms with Gasteiger partial charge in [0.05, 0.1) is 31.1 Å². The minimum Gasteiger partial charge on any atom is -0.376 e. The number of likely N-dealkylation sites (tertiary alicyclic amines) is 1. The molecule has 0 amide bonds. The van der Waals surface area contributed by atoms with Crippen LogP contribution in [0.5, 0.6) is 0 Å². The van der Waals surface area contributed by atoms with Gasteiger partial charge in [-0.2, -0.15) is 0 Å². The summed E-state index contributed by atoms with van der Waals surface area (Å²) < 4.78 is 33.8. The Labute approximate surface area is 151 Å². The SMILES string of the molecule is CCNC(=NCCS(N)(=O)=O)N1CCC(OCC2CCCCO2)CC1. The van der Waals surface area contributed by atoms with Crippen molar-refractivity contribution in [3.8, 4) is 0 Å². The molecule has 0 aliphatic carbocycles. The topological polar surface area (TPSA) is 106 Å². The van der Waals surface area contributed by atoms with Crippen molar-refractivity contribution in [1.29, 1.82) is 0 Å². The Bertz CT molecular complexity index is 512. The zero-order valence-electron chi connectivity index (χ0n) is 15.2. The molecule has 9 heteroatoms. The van der Waals surface area contributed by atoms with E-state index in [9.17, 15) is 8.42 Å². The highest BCUT2D eigenvalue weighted by molar-refractivity contribution is 7.89.